The molecule has 0 radical (unpaired) electrons. The number of hydrogen-bond donors (Lipinski definition) is 1. The van der Waals surface area contributed by atoms with Crippen molar-refractivity contribution in [1.82, 2.24) is 9.88 Å². The highest BCUT2D eigenvalue weighted by Crippen LogP contribution is 2.29. The molecule has 1 aliphatic heterocycles. The molecule has 1 saturated heterocycles. The molecule has 2 heterocycles. The van der Waals surface area contributed by atoms with E-state index >= 15 is 0 Å². The Kier molecular flexibility index (Phi) is 8.91. The second kappa shape index (κ2) is 12.9. The Morgan fingerprint density at radius 2 is 1.60 bits per heavy atom. The van der Waals surface area contributed by atoms with Gasteiger partial charge in [0.1, 0.15) is 12.4 Å². The fourth-order valence-corrected chi connectivity index (χ4v) is 5.67. The van der Waals surface area contributed by atoms with Crippen LogP contribution >= 0.6 is 0 Å². The number of methoxy groups -OCH3 is 1. The molecule has 4 aromatic rings. The molecule has 0 saturated carbocycles. The number of fused-ring (bicyclic) bond motifs is 1. The van der Waals surface area contributed by atoms with Crippen LogP contribution in [0.25, 0.3) is 10.9 Å². The molecule has 0 aliphatic carbocycles. The van der Waals surface area contributed by atoms with E-state index in [0.717, 1.165) is 44.5 Å². The summed E-state index contributed by atoms with van der Waals surface area (Å²) in [5.74, 6) is 0.218. The molecule has 1 atom stereocenters. The van der Waals surface area contributed by atoms with E-state index in [0.29, 0.717) is 32.5 Å². The summed E-state index contributed by atoms with van der Waals surface area (Å²) < 4.78 is 16.8. The molecule has 0 spiro atoms. The zero-order valence-electron chi connectivity index (χ0n) is 24.2. The predicted octanol–water partition coefficient (Wildman–Crippen LogP) is 5.82. The van der Waals surface area contributed by atoms with Crippen molar-refractivity contribution in [2.75, 3.05) is 20.2 Å². The van der Waals surface area contributed by atoms with Gasteiger partial charge in [0.15, 0.2) is 0 Å². The third-order valence-electron chi connectivity index (χ3n) is 7.85. The third-order valence-corrected chi connectivity index (χ3v) is 7.85. The summed E-state index contributed by atoms with van der Waals surface area (Å²) in [6.07, 6.45) is -0.210. The fourth-order valence-electron chi connectivity index (χ4n) is 5.67. The molecule has 1 amide bonds. The number of nitrogens with zero attached hydrogens (tertiary/aromatic N) is 1. The maximum absolute atomic E-state index is 13.1. The summed E-state index contributed by atoms with van der Waals surface area (Å²) in [5.41, 5.74) is 5.23. The van der Waals surface area contributed by atoms with Gasteiger partial charge in [-0.1, -0.05) is 60.7 Å². The average Bonchev–Trinajstić information content (AvgIpc) is 3.00. The van der Waals surface area contributed by atoms with E-state index in [1.165, 1.54) is 7.11 Å². The summed E-state index contributed by atoms with van der Waals surface area (Å²) in [7, 11) is 1.28. The molecule has 5 rings (SSSR count). The van der Waals surface area contributed by atoms with Crippen LogP contribution in [0.2, 0.25) is 0 Å². The van der Waals surface area contributed by atoms with E-state index in [9.17, 15) is 14.4 Å². The van der Waals surface area contributed by atoms with E-state index in [4.69, 9.17) is 14.2 Å². The number of pyridine rings is 1. The smallest absolute Gasteiger partial charge is 0.410 e. The molecule has 1 aromatic heterocycles. The van der Waals surface area contributed by atoms with Crippen molar-refractivity contribution >= 4 is 23.0 Å². The van der Waals surface area contributed by atoms with Gasteiger partial charge >= 0.3 is 12.1 Å². The van der Waals surface area contributed by atoms with Crippen LogP contribution < -0.4 is 10.3 Å². The number of nitrogens with one attached hydrogen (secondary N) is 1. The molecule has 1 aliphatic rings. The maximum Gasteiger partial charge on any atom is 0.410 e. The Morgan fingerprint density at radius 3 is 2.29 bits per heavy atom. The molecule has 42 heavy (non-hydrogen) atoms. The molecule has 1 N–H and O–H groups in total. The zero-order chi connectivity index (χ0) is 29.6. The lowest BCUT2D eigenvalue weighted by molar-refractivity contribution is -0.151. The second-order valence-corrected chi connectivity index (χ2v) is 10.8. The van der Waals surface area contributed by atoms with Crippen LogP contribution in [0.15, 0.2) is 77.6 Å². The van der Waals surface area contributed by atoms with E-state index in [1.807, 2.05) is 86.6 Å². The van der Waals surface area contributed by atoms with E-state index in [1.54, 1.807) is 4.90 Å². The molecule has 1 fully saturated rings. The molecule has 8 heteroatoms. The minimum Gasteiger partial charge on any atom is -0.488 e. The summed E-state index contributed by atoms with van der Waals surface area (Å²) in [6.45, 7) is 5.22. The first-order valence-electron chi connectivity index (χ1n) is 14.2. The van der Waals surface area contributed by atoms with Gasteiger partial charge in [0.25, 0.3) is 5.56 Å². The average molecular weight is 569 g/mol. The number of aromatic nitrogens is 1. The van der Waals surface area contributed by atoms with Gasteiger partial charge in [-0.3, -0.25) is 4.79 Å². The first-order chi connectivity index (χ1) is 20.3. The summed E-state index contributed by atoms with van der Waals surface area (Å²) in [4.78, 5) is 43.0. The Bertz CT molecular complexity index is 1600. The van der Waals surface area contributed by atoms with Crippen molar-refractivity contribution in [2.45, 2.75) is 51.7 Å². The summed E-state index contributed by atoms with van der Waals surface area (Å²) >= 11 is 0. The summed E-state index contributed by atoms with van der Waals surface area (Å²) in [5, 5.41) is 0.983. The van der Waals surface area contributed by atoms with Crippen molar-refractivity contribution in [3.05, 3.63) is 111 Å². The van der Waals surface area contributed by atoms with Crippen LogP contribution in [-0.2, 0) is 27.3 Å². The first kappa shape index (κ1) is 28.9. The number of amides is 1. The number of rotatable bonds is 8. The molecular weight excluding hydrogens is 532 g/mol. The Labute approximate surface area is 245 Å². The van der Waals surface area contributed by atoms with Crippen LogP contribution in [-0.4, -0.2) is 48.2 Å². The molecule has 8 nitrogen and oxygen atoms in total. The van der Waals surface area contributed by atoms with Crippen LogP contribution in [0.4, 0.5) is 4.79 Å². The van der Waals surface area contributed by atoms with Gasteiger partial charge < -0.3 is 24.1 Å². The molecule has 3 aromatic carbocycles. The summed E-state index contributed by atoms with van der Waals surface area (Å²) in [6, 6.07) is 23.5. The number of aryl methyl sites for hydroxylation is 2. The minimum absolute atomic E-state index is 0.0346. The number of carbonyl (C=O) groups excluding carboxylic acids is 2. The number of carbonyl (C=O) groups is 2. The number of aromatic amines is 1. The maximum atomic E-state index is 13.1. The van der Waals surface area contributed by atoms with Gasteiger partial charge in [-0.15, -0.1) is 0 Å². The van der Waals surface area contributed by atoms with Crippen molar-refractivity contribution in [2.24, 2.45) is 0 Å². The van der Waals surface area contributed by atoms with Crippen LogP contribution in [0.5, 0.6) is 5.75 Å². The highest BCUT2D eigenvalue weighted by atomic mass is 16.6. The molecule has 1 unspecified atom stereocenters. The van der Waals surface area contributed by atoms with Gasteiger partial charge in [0, 0.05) is 30.6 Å². The normalized spacial score (nSPS) is 14.4. The number of esters is 1. The van der Waals surface area contributed by atoms with Crippen LogP contribution in [0, 0.1) is 13.8 Å². The number of likely N-dealkylation sites (tertiary alicyclic amines) is 1. The molecular formula is C34H36N2O6. The highest BCUT2D eigenvalue weighted by Gasteiger charge is 2.31. The number of H-pyrrole nitrogens is 1. The van der Waals surface area contributed by atoms with E-state index < -0.39 is 18.2 Å². The van der Waals surface area contributed by atoms with Gasteiger partial charge in [0.05, 0.1) is 7.11 Å². The van der Waals surface area contributed by atoms with Crippen molar-refractivity contribution in [1.29, 1.82) is 0 Å². The highest BCUT2D eigenvalue weighted by molar-refractivity contribution is 5.80. The monoisotopic (exact) mass is 568 g/mol. The zero-order valence-corrected chi connectivity index (χ0v) is 24.2. The SMILES string of the molecule is COC(=O)C(Cc1cc(C)c(OCc2ccccc2)c(C)c1)OC(=O)N1CCC(c2cc3ccccc3[nH]c2=O)CC1. The van der Waals surface area contributed by atoms with E-state index in [-0.39, 0.29) is 17.9 Å². The van der Waals surface area contributed by atoms with Crippen molar-refractivity contribution in [3.63, 3.8) is 0 Å². The lowest BCUT2D eigenvalue weighted by Gasteiger charge is -2.32. The number of benzene rings is 3. The van der Waals surface area contributed by atoms with Crippen LogP contribution in [0.1, 0.15) is 46.6 Å². The topological polar surface area (TPSA) is 97.9 Å². The Morgan fingerprint density at radius 1 is 0.929 bits per heavy atom. The lowest BCUT2D eigenvalue weighted by Crippen LogP contribution is -2.42. The number of hydrogen-bond acceptors (Lipinski definition) is 6. The lowest BCUT2D eigenvalue weighted by atomic mass is 9.89. The fraction of sp³-hybridized carbons (Fsp3) is 0.324. The van der Waals surface area contributed by atoms with Crippen molar-refractivity contribution < 1.29 is 23.8 Å². The van der Waals surface area contributed by atoms with Gasteiger partial charge in [-0.2, -0.15) is 0 Å². The van der Waals surface area contributed by atoms with Gasteiger partial charge in [-0.05, 0) is 72.4 Å². The van der Waals surface area contributed by atoms with Crippen LogP contribution in [0.3, 0.4) is 0 Å². The second-order valence-electron chi connectivity index (χ2n) is 10.8. The number of piperidine rings is 1. The minimum atomic E-state index is -1.08. The largest absolute Gasteiger partial charge is 0.488 e. The molecule has 0 bridgehead atoms. The third kappa shape index (κ3) is 6.65. The van der Waals surface area contributed by atoms with Crippen molar-refractivity contribution in [3.8, 4) is 5.75 Å². The molecule has 218 valence electrons. The number of para-hydroxylation sites is 1. The first-order valence-corrected chi connectivity index (χ1v) is 14.2. The van der Waals surface area contributed by atoms with E-state index in [2.05, 4.69) is 4.98 Å². The van der Waals surface area contributed by atoms with Gasteiger partial charge in [0.2, 0.25) is 6.10 Å². The number of ether oxygens (including phenoxy) is 3. The van der Waals surface area contributed by atoms with Gasteiger partial charge in [-0.25, -0.2) is 9.59 Å². The Hall–Kier alpha value is -4.59. The predicted molar refractivity (Wildman–Crippen MR) is 161 cm³/mol. The Balaban J connectivity index is 1.21. The standard InChI is InChI=1S/C34H36N2O6/c1-22-17-25(18-23(2)31(22)41-21-24-9-5-4-6-10-24)19-30(33(38)40-3)42-34(39)36-15-13-26(14-16-36)28-20-27-11-7-8-12-29(27)35-32(28)37/h4-12,17-18,20,26,30H,13-16,19,21H2,1-3H3,(H,35,37). The quantitative estimate of drug-likeness (QED) is 0.269.